The molecular formula is C30H27ClN4O4. The second-order valence-corrected chi connectivity index (χ2v) is 9.21. The average Bonchev–Trinajstić information content (AvgIpc) is 2.97. The van der Waals surface area contributed by atoms with Gasteiger partial charge >= 0.3 is 11.9 Å². The topological polar surface area (TPSA) is 118 Å². The van der Waals surface area contributed by atoms with E-state index < -0.39 is 17.9 Å². The molecule has 0 spiro atoms. The Kier molecular flexibility index (Phi) is 8.23. The Morgan fingerprint density at radius 1 is 1.00 bits per heavy atom. The van der Waals surface area contributed by atoms with Gasteiger partial charge in [0.2, 0.25) is 0 Å². The quantitative estimate of drug-likeness (QED) is 0.380. The summed E-state index contributed by atoms with van der Waals surface area (Å²) in [4.78, 5) is 28.0. The fourth-order valence-corrected chi connectivity index (χ4v) is 4.80. The molecular weight excluding hydrogens is 516 g/mol. The molecule has 8 nitrogen and oxygen atoms in total. The standard InChI is InChI=1S/C30H27ClN4O4/c1-18(19-10-6-4-7-11-19)34-23-15-14-21(31)16-24(23)35-27(30(37)39-3)26(29(36)38-2)25(22(17-32)28(35)33)20-12-8-5-9-13-20/h4-16,18,25,34H,33H2,1-3H3. The van der Waals surface area contributed by atoms with Gasteiger partial charge in [-0.15, -0.1) is 0 Å². The third kappa shape index (κ3) is 5.31. The lowest BCUT2D eigenvalue weighted by Gasteiger charge is -2.37. The number of ether oxygens (including phenoxy) is 2. The van der Waals surface area contributed by atoms with Crippen molar-refractivity contribution in [2.24, 2.45) is 5.73 Å². The zero-order chi connectivity index (χ0) is 28.1. The van der Waals surface area contributed by atoms with Crippen LogP contribution in [0, 0.1) is 11.3 Å². The maximum Gasteiger partial charge on any atom is 0.355 e. The Balaban J connectivity index is 2.00. The Hall–Kier alpha value is -4.74. The number of esters is 2. The van der Waals surface area contributed by atoms with E-state index in [1.54, 1.807) is 48.5 Å². The summed E-state index contributed by atoms with van der Waals surface area (Å²) < 4.78 is 10.2. The fraction of sp³-hybridized carbons (Fsp3) is 0.167. The van der Waals surface area contributed by atoms with Crippen LogP contribution in [0.3, 0.4) is 0 Å². The molecule has 3 aromatic carbocycles. The summed E-state index contributed by atoms with van der Waals surface area (Å²) in [6, 6.07) is 25.6. The number of benzene rings is 3. The van der Waals surface area contributed by atoms with Crippen LogP contribution in [0.5, 0.6) is 0 Å². The first kappa shape index (κ1) is 27.3. The maximum absolute atomic E-state index is 13.4. The van der Waals surface area contributed by atoms with Crippen molar-refractivity contribution >= 4 is 34.9 Å². The van der Waals surface area contributed by atoms with Crippen molar-refractivity contribution in [1.29, 1.82) is 5.26 Å². The summed E-state index contributed by atoms with van der Waals surface area (Å²) in [6.07, 6.45) is 0. The van der Waals surface area contributed by atoms with Crippen LogP contribution in [-0.2, 0) is 19.1 Å². The van der Waals surface area contributed by atoms with Crippen LogP contribution in [0.1, 0.15) is 30.0 Å². The SMILES string of the molecule is COC(=O)C1=C(C(=O)OC)N(c2cc(Cl)ccc2NC(C)c2ccccc2)C(N)=C(C#N)C1c1ccccc1. The zero-order valence-electron chi connectivity index (χ0n) is 21.6. The predicted molar refractivity (Wildman–Crippen MR) is 149 cm³/mol. The first-order valence-electron chi connectivity index (χ1n) is 12.1. The number of hydrogen-bond donors (Lipinski definition) is 2. The van der Waals surface area contributed by atoms with E-state index in [2.05, 4.69) is 11.4 Å². The first-order valence-corrected chi connectivity index (χ1v) is 12.5. The van der Waals surface area contributed by atoms with E-state index in [0.717, 1.165) is 5.56 Å². The van der Waals surface area contributed by atoms with Crippen LogP contribution >= 0.6 is 11.6 Å². The minimum atomic E-state index is -0.965. The number of rotatable bonds is 7. The Morgan fingerprint density at radius 3 is 2.21 bits per heavy atom. The predicted octanol–water partition coefficient (Wildman–Crippen LogP) is 5.41. The van der Waals surface area contributed by atoms with Crippen LogP contribution in [0.2, 0.25) is 5.02 Å². The molecule has 0 aromatic heterocycles. The van der Waals surface area contributed by atoms with E-state index in [9.17, 15) is 14.9 Å². The van der Waals surface area contributed by atoms with Crippen molar-refractivity contribution in [3.8, 4) is 6.07 Å². The highest BCUT2D eigenvalue weighted by Crippen LogP contribution is 2.45. The summed E-state index contributed by atoms with van der Waals surface area (Å²) in [5, 5.41) is 14.1. The molecule has 198 valence electrons. The van der Waals surface area contributed by atoms with Crippen molar-refractivity contribution in [1.82, 2.24) is 0 Å². The number of nitrogens with zero attached hydrogens (tertiary/aromatic N) is 2. The van der Waals surface area contributed by atoms with Gasteiger partial charge in [-0.05, 0) is 36.2 Å². The number of allylic oxidation sites excluding steroid dienone is 1. The van der Waals surface area contributed by atoms with E-state index in [1.165, 1.54) is 19.1 Å². The number of carbonyl (C=O) groups excluding carboxylic acids is 2. The number of halogens is 1. The fourth-order valence-electron chi connectivity index (χ4n) is 4.63. The lowest BCUT2D eigenvalue weighted by Crippen LogP contribution is -2.41. The van der Waals surface area contributed by atoms with Gasteiger partial charge < -0.3 is 20.5 Å². The normalized spacial score (nSPS) is 15.9. The molecule has 0 radical (unpaired) electrons. The summed E-state index contributed by atoms with van der Waals surface area (Å²) in [7, 11) is 2.41. The number of anilines is 2. The second kappa shape index (κ2) is 11.8. The van der Waals surface area contributed by atoms with Gasteiger partial charge in [-0.1, -0.05) is 72.3 Å². The summed E-state index contributed by atoms with van der Waals surface area (Å²) in [5.74, 6) is -2.65. The lowest BCUT2D eigenvalue weighted by molar-refractivity contribution is -0.139. The molecule has 0 saturated carbocycles. The Morgan fingerprint density at radius 2 is 1.62 bits per heavy atom. The third-order valence-electron chi connectivity index (χ3n) is 6.48. The Bertz CT molecular complexity index is 1500. The van der Waals surface area contributed by atoms with Crippen molar-refractivity contribution in [2.45, 2.75) is 18.9 Å². The number of carbonyl (C=O) groups is 2. The monoisotopic (exact) mass is 542 g/mol. The number of hydrogen-bond acceptors (Lipinski definition) is 8. The van der Waals surface area contributed by atoms with Crippen LogP contribution in [0.4, 0.5) is 11.4 Å². The van der Waals surface area contributed by atoms with E-state index >= 15 is 0 Å². The number of nitrogens with one attached hydrogen (secondary N) is 1. The van der Waals surface area contributed by atoms with Gasteiger partial charge in [-0.25, -0.2) is 9.59 Å². The highest BCUT2D eigenvalue weighted by atomic mass is 35.5. The largest absolute Gasteiger partial charge is 0.466 e. The molecule has 0 bridgehead atoms. The van der Waals surface area contributed by atoms with E-state index in [0.29, 0.717) is 22.0 Å². The molecule has 39 heavy (non-hydrogen) atoms. The van der Waals surface area contributed by atoms with Crippen LogP contribution < -0.4 is 16.0 Å². The Labute approximate surface area is 231 Å². The minimum Gasteiger partial charge on any atom is -0.466 e. The van der Waals surface area contributed by atoms with Crippen molar-refractivity contribution in [3.05, 3.63) is 118 Å². The molecule has 2 unspecified atom stereocenters. The zero-order valence-corrected chi connectivity index (χ0v) is 22.4. The van der Waals surface area contributed by atoms with Crippen LogP contribution in [-0.4, -0.2) is 26.2 Å². The van der Waals surface area contributed by atoms with E-state index in [1.807, 2.05) is 37.3 Å². The molecule has 1 aliphatic rings. The summed E-state index contributed by atoms with van der Waals surface area (Å²) in [5.41, 5.74) is 8.98. The van der Waals surface area contributed by atoms with Gasteiger partial charge in [0, 0.05) is 11.1 Å². The highest BCUT2D eigenvalue weighted by Gasteiger charge is 2.43. The molecule has 0 aliphatic carbocycles. The molecule has 3 N–H and O–H groups in total. The highest BCUT2D eigenvalue weighted by molar-refractivity contribution is 6.31. The smallest absolute Gasteiger partial charge is 0.355 e. The van der Waals surface area contributed by atoms with Crippen LogP contribution in [0.15, 0.2) is 102 Å². The van der Waals surface area contributed by atoms with Crippen LogP contribution in [0.25, 0.3) is 0 Å². The number of nitrogens with two attached hydrogens (primary N) is 1. The lowest BCUT2D eigenvalue weighted by atomic mass is 9.81. The van der Waals surface area contributed by atoms with Gasteiger partial charge in [0.25, 0.3) is 0 Å². The summed E-state index contributed by atoms with van der Waals surface area (Å²) >= 11 is 6.42. The first-order chi connectivity index (χ1) is 18.8. The molecule has 1 heterocycles. The summed E-state index contributed by atoms with van der Waals surface area (Å²) in [6.45, 7) is 1.98. The molecule has 0 fully saturated rings. The van der Waals surface area contributed by atoms with Crippen molar-refractivity contribution < 1.29 is 19.1 Å². The molecule has 4 rings (SSSR count). The minimum absolute atomic E-state index is 0.0444. The van der Waals surface area contributed by atoms with Crippen molar-refractivity contribution in [3.63, 3.8) is 0 Å². The molecule has 3 aromatic rings. The van der Waals surface area contributed by atoms with Gasteiger partial charge in [-0.2, -0.15) is 5.26 Å². The molecule has 1 aliphatic heterocycles. The third-order valence-corrected chi connectivity index (χ3v) is 6.72. The molecule has 2 atom stereocenters. The molecule has 0 amide bonds. The second-order valence-electron chi connectivity index (χ2n) is 8.77. The van der Waals surface area contributed by atoms with E-state index in [-0.39, 0.29) is 28.7 Å². The maximum atomic E-state index is 13.4. The van der Waals surface area contributed by atoms with Gasteiger partial charge in [-0.3, -0.25) is 4.90 Å². The molecule has 9 heteroatoms. The average molecular weight is 543 g/mol. The van der Waals surface area contributed by atoms with Gasteiger partial charge in [0.1, 0.15) is 11.5 Å². The van der Waals surface area contributed by atoms with E-state index in [4.69, 9.17) is 26.8 Å². The van der Waals surface area contributed by atoms with Crippen molar-refractivity contribution in [2.75, 3.05) is 24.4 Å². The molecule has 0 saturated heterocycles. The number of methoxy groups -OCH3 is 2. The number of nitriles is 1. The van der Waals surface area contributed by atoms with Gasteiger partial charge in [0.05, 0.1) is 48.7 Å². The van der Waals surface area contributed by atoms with Gasteiger partial charge in [0.15, 0.2) is 0 Å².